The smallest absolute Gasteiger partial charge is 0.0277 e. The molecular formula is C16H34. The van der Waals surface area contributed by atoms with Gasteiger partial charge in [0.25, 0.3) is 0 Å². The molecule has 1 unspecified atom stereocenters. The summed E-state index contributed by atoms with van der Waals surface area (Å²) in [6.07, 6.45) is 6.58. The molecule has 0 aliphatic carbocycles. The van der Waals surface area contributed by atoms with E-state index in [0.29, 0.717) is 16.2 Å². The van der Waals surface area contributed by atoms with Gasteiger partial charge in [-0.05, 0) is 29.1 Å². The molecule has 1 atom stereocenters. The minimum atomic E-state index is 0.442. The molecule has 0 aliphatic heterocycles. The van der Waals surface area contributed by atoms with Crippen molar-refractivity contribution in [1.82, 2.24) is 0 Å². The van der Waals surface area contributed by atoms with Gasteiger partial charge in [0, 0.05) is 0 Å². The number of hydrogen-bond acceptors (Lipinski definition) is 0. The molecular weight excluding hydrogens is 192 g/mol. The van der Waals surface area contributed by atoms with Crippen LogP contribution < -0.4 is 0 Å². The molecule has 0 nitrogen and oxygen atoms in total. The highest BCUT2D eigenvalue weighted by atomic mass is 14.5. The van der Waals surface area contributed by atoms with Crippen molar-refractivity contribution in [3.8, 4) is 0 Å². The average Bonchev–Trinajstić information content (AvgIpc) is 2.16. The summed E-state index contributed by atoms with van der Waals surface area (Å²) in [4.78, 5) is 0. The second-order valence-electron chi connectivity index (χ2n) is 7.24. The number of hydrogen-bond donors (Lipinski definition) is 0. The highest BCUT2D eigenvalue weighted by molar-refractivity contribution is 4.91. The fourth-order valence-electron chi connectivity index (χ4n) is 3.08. The Hall–Kier alpha value is 0. The van der Waals surface area contributed by atoms with Crippen LogP contribution in [0.4, 0.5) is 0 Å². The van der Waals surface area contributed by atoms with Gasteiger partial charge < -0.3 is 0 Å². The summed E-state index contributed by atoms with van der Waals surface area (Å²) in [6, 6.07) is 0. The normalized spacial score (nSPS) is 17.2. The van der Waals surface area contributed by atoms with Crippen molar-refractivity contribution in [2.75, 3.05) is 0 Å². The van der Waals surface area contributed by atoms with Gasteiger partial charge in [-0.2, -0.15) is 0 Å². The van der Waals surface area contributed by atoms with Crippen molar-refractivity contribution >= 4 is 0 Å². The molecule has 98 valence electrons. The first-order chi connectivity index (χ1) is 7.14. The second kappa shape index (κ2) is 5.56. The lowest BCUT2D eigenvalue weighted by Gasteiger charge is -2.48. The van der Waals surface area contributed by atoms with E-state index in [1.54, 1.807) is 0 Å². The van der Waals surface area contributed by atoms with Gasteiger partial charge in [-0.25, -0.2) is 0 Å². The van der Waals surface area contributed by atoms with Gasteiger partial charge in [0.2, 0.25) is 0 Å². The summed E-state index contributed by atoms with van der Waals surface area (Å²) in [5.41, 5.74) is 1.42. The lowest BCUT2D eigenvalue weighted by molar-refractivity contribution is 0.0241. The average molecular weight is 226 g/mol. The molecule has 0 rings (SSSR count). The van der Waals surface area contributed by atoms with Crippen molar-refractivity contribution in [2.24, 2.45) is 16.2 Å². The first-order valence-electron chi connectivity index (χ1n) is 7.14. The lowest BCUT2D eigenvalue weighted by atomic mass is 9.57. The predicted molar refractivity (Wildman–Crippen MR) is 75.8 cm³/mol. The number of rotatable bonds is 7. The maximum atomic E-state index is 2.49. The third-order valence-electron chi connectivity index (χ3n) is 5.09. The molecule has 0 aliphatic rings. The van der Waals surface area contributed by atoms with Gasteiger partial charge in [-0.15, -0.1) is 0 Å². The molecule has 0 radical (unpaired) electrons. The predicted octanol–water partition coefficient (Wildman–Crippen LogP) is 6.06. The van der Waals surface area contributed by atoms with Gasteiger partial charge in [0.1, 0.15) is 0 Å². The minimum Gasteiger partial charge on any atom is -0.0654 e. The molecule has 0 aromatic rings. The summed E-state index contributed by atoms with van der Waals surface area (Å²) in [6.45, 7) is 19.3. The molecule has 0 saturated carbocycles. The van der Waals surface area contributed by atoms with Gasteiger partial charge in [0.15, 0.2) is 0 Å². The van der Waals surface area contributed by atoms with Crippen LogP contribution in [0.25, 0.3) is 0 Å². The van der Waals surface area contributed by atoms with E-state index in [0.717, 1.165) is 0 Å². The van der Waals surface area contributed by atoms with E-state index >= 15 is 0 Å². The summed E-state index contributed by atoms with van der Waals surface area (Å²) in [7, 11) is 0. The molecule has 0 bridgehead atoms. The fraction of sp³-hybridized carbons (Fsp3) is 1.00. The van der Waals surface area contributed by atoms with E-state index in [9.17, 15) is 0 Å². The van der Waals surface area contributed by atoms with E-state index in [1.165, 1.54) is 32.1 Å². The topological polar surface area (TPSA) is 0 Å². The Balaban J connectivity index is 4.86. The Morgan fingerprint density at radius 3 is 1.56 bits per heavy atom. The molecule has 16 heavy (non-hydrogen) atoms. The standard InChI is InChI=1S/C16H34/c1-9-12-16(8,11-3)15(6,7)13-14(4,5)10-2/h9-13H2,1-8H3. The third-order valence-corrected chi connectivity index (χ3v) is 5.09. The van der Waals surface area contributed by atoms with Crippen molar-refractivity contribution in [3.05, 3.63) is 0 Å². The van der Waals surface area contributed by atoms with Crippen molar-refractivity contribution in [2.45, 2.75) is 87.5 Å². The first-order valence-corrected chi connectivity index (χ1v) is 7.14. The van der Waals surface area contributed by atoms with Crippen LogP contribution in [0.5, 0.6) is 0 Å². The SMILES string of the molecule is CCCC(C)(CC)C(C)(C)CC(C)(C)CC. The van der Waals surface area contributed by atoms with E-state index in [1.807, 2.05) is 0 Å². The molecule has 0 heteroatoms. The summed E-state index contributed by atoms with van der Waals surface area (Å²) in [5, 5.41) is 0. The summed E-state index contributed by atoms with van der Waals surface area (Å²) in [5.74, 6) is 0. The zero-order chi connectivity index (χ0) is 13.0. The molecule has 0 amide bonds. The van der Waals surface area contributed by atoms with Crippen molar-refractivity contribution < 1.29 is 0 Å². The Bertz CT molecular complexity index is 200. The van der Waals surface area contributed by atoms with Crippen LogP contribution in [0.3, 0.4) is 0 Å². The van der Waals surface area contributed by atoms with Gasteiger partial charge >= 0.3 is 0 Å². The molecule has 0 aromatic heterocycles. The van der Waals surface area contributed by atoms with Gasteiger partial charge in [0.05, 0.1) is 0 Å². The van der Waals surface area contributed by atoms with Crippen LogP contribution in [0.2, 0.25) is 0 Å². The zero-order valence-electron chi connectivity index (χ0n) is 13.0. The largest absolute Gasteiger partial charge is 0.0654 e. The Morgan fingerprint density at radius 1 is 0.750 bits per heavy atom. The van der Waals surface area contributed by atoms with Gasteiger partial charge in [-0.3, -0.25) is 0 Å². The zero-order valence-corrected chi connectivity index (χ0v) is 13.0. The Kier molecular flexibility index (Phi) is 5.56. The van der Waals surface area contributed by atoms with Crippen molar-refractivity contribution in [3.63, 3.8) is 0 Å². The van der Waals surface area contributed by atoms with Crippen LogP contribution in [-0.2, 0) is 0 Å². The van der Waals surface area contributed by atoms with Crippen LogP contribution in [0, 0.1) is 16.2 Å². The molecule has 0 fully saturated rings. The van der Waals surface area contributed by atoms with Crippen LogP contribution in [0.1, 0.15) is 87.5 Å². The van der Waals surface area contributed by atoms with E-state index in [4.69, 9.17) is 0 Å². The fourth-order valence-corrected chi connectivity index (χ4v) is 3.08. The maximum Gasteiger partial charge on any atom is -0.0277 e. The molecule has 0 N–H and O–H groups in total. The Morgan fingerprint density at radius 2 is 1.25 bits per heavy atom. The second-order valence-corrected chi connectivity index (χ2v) is 7.24. The van der Waals surface area contributed by atoms with Gasteiger partial charge in [-0.1, -0.05) is 74.7 Å². The van der Waals surface area contributed by atoms with E-state index < -0.39 is 0 Å². The van der Waals surface area contributed by atoms with Crippen molar-refractivity contribution in [1.29, 1.82) is 0 Å². The summed E-state index contributed by atoms with van der Waals surface area (Å²) < 4.78 is 0. The molecule has 0 heterocycles. The maximum absolute atomic E-state index is 2.49. The highest BCUT2D eigenvalue weighted by Gasteiger charge is 2.41. The van der Waals surface area contributed by atoms with Crippen LogP contribution in [-0.4, -0.2) is 0 Å². The van der Waals surface area contributed by atoms with E-state index in [2.05, 4.69) is 55.4 Å². The van der Waals surface area contributed by atoms with E-state index in [-0.39, 0.29) is 0 Å². The monoisotopic (exact) mass is 226 g/mol. The molecule has 0 saturated heterocycles. The summed E-state index contributed by atoms with van der Waals surface area (Å²) >= 11 is 0. The van der Waals surface area contributed by atoms with Crippen LogP contribution in [0.15, 0.2) is 0 Å². The lowest BCUT2D eigenvalue weighted by Crippen LogP contribution is -2.38. The third kappa shape index (κ3) is 3.79. The highest BCUT2D eigenvalue weighted by Crippen LogP contribution is 2.51. The minimum absolute atomic E-state index is 0.442. The molecule has 0 spiro atoms. The quantitative estimate of drug-likeness (QED) is 0.495. The first kappa shape index (κ1) is 16.0. The Labute approximate surface area is 104 Å². The van der Waals surface area contributed by atoms with Crippen LogP contribution >= 0.6 is 0 Å². The molecule has 0 aromatic carbocycles.